The van der Waals surface area contributed by atoms with Crippen LogP contribution in [0, 0.1) is 38.0 Å². The molecule has 0 N–H and O–H groups in total. The largest absolute Gasteiger partial charge is 0.744 e. The summed E-state index contributed by atoms with van der Waals surface area (Å²) in [7, 11) is -5.02. The Hall–Kier alpha value is -2.07. The number of rotatable bonds is 8. The van der Waals surface area contributed by atoms with E-state index in [0.29, 0.717) is 6.20 Å². The van der Waals surface area contributed by atoms with Crippen molar-refractivity contribution in [2.24, 2.45) is 17.8 Å². The second kappa shape index (κ2) is 8.86. The molecule has 0 atom stereocenters. The van der Waals surface area contributed by atoms with Crippen molar-refractivity contribution < 1.29 is 22.8 Å². The van der Waals surface area contributed by atoms with Gasteiger partial charge in [-0.3, -0.25) is 20.2 Å². The second-order valence-corrected chi connectivity index (χ2v) is 7.78. The number of allylic oxidation sites excluding steroid dienone is 3. The van der Waals surface area contributed by atoms with Crippen LogP contribution in [0.1, 0.15) is 41.5 Å². The van der Waals surface area contributed by atoms with Crippen LogP contribution in [0.2, 0.25) is 0 Å². The first-order valence-electron chi connectivity index (χ1n) is 7.62. The Labute approximate surface area is 147 Å². The molecule has 10 heteroatoms. The van der Waals surface area contributed by atoms with Gasteiger partial charge in [0.2, 0.25) is 6.20 Å². The maximum atomic E-state index is 11.7. The maximum absolute atomic E-state index is 11.7. The Bertz CT molecular complexity index is 729. The van der Waals surface area contributed by atoms with Gasteiger partial charge >= 0.3 is 0 Å². The average Bonchev–Trinajstić information content (AvgIpc) is 2.37. The fraction of sp³-hybridized carbons (Fsp3) is 0.600. The standard InChI is InChI=1S/C15H24N2O7S/c1-9(2)7-13(25(22,23)24)14(11(5)6)15(17(20)21)12(10(3)4)8-16(18)19/h7-11H,1-6H3,(H,22,23,24)/p-1/b12-8+,13-7-,15-14+. The van der Waals surface area contributed by atoms with Crippen molar-refractivity contribution in [2.45, 2.75) is 41.5 Å². The van der Waals surface area contributed by atoms with Crippen molar-refractivity contribution in [1.82, 2.24) is 0 Å². The Morgan fingerprint density at radius 3 is 1.68 bits per heavy atom. The van der Waals surface area contributed by atoms with Gasteiger partial charge < -0.3 is 4.55 Å². The minimum Gasteiger partial charge on any atom is -0.744 e. The van der Waals surface area contributed by atoms with Crippen molar-refractivity contribution in [2.75, 3.05) is 0 Å². The molecule has 0 aliphatic carbocycles. The minimum atomic E-state index is -5.02. The van der Waals surface area contributed by atoms with Crippen LogP contribution in [0.25, 0.3) is 0 Å². The van der Waals surface area contributed by atoms with E-state index >= 15 is 0 Å². The van der Waals surface area contributed by atoms with Gasteiger partial charge in [0, 0.05) is 0 Å². The normalized spacial score (nSPS) is 15.0. The molecule has 0 saturated carbocycles. The molecule has 9 nitrogen and oxygen atoms in total. The van der Waals surface area contributed by atoms with Gasteiger partial charge in [0.15, 0.2) is 0 Å². The van der Waals surface area contributed by atoms with E-state index in [1.807, 2.05) is 0 Å². The van der Waals surface area contributed by atoms with Crippen molar-refractivity contribution in [3.63, 3.8) is 0 Å². The zero-order valence-electron chi connectivity index (χ0n) is 15.0. The summed E-state index contributed by atoms with van der Waals surface area (Å²) >= 11 is 0. The van der Waals surface area contributed by atoms with Crippen molar-refractivity contribution in [1.29, 1.82) is 0 Å². The Balaban J connectivity index is 7.23. The second-order valence-electron chi connectivity index (χ2n) is 6.43. The zero-order valence-corrected chi connectivity index (χ0v) is 15.9. The summed E-state index contributed by atoms with van der Waals surface area (Å²) in [4.78, 5) is 20.1. The predicted octanol–water partition coefficient (Wildman–Crippen LogP) is 3.07. The SMILES string of the molecule is CC(C)/C=C(/C(=C(\C(=C\[N+](=O)[O-])C(C)C)[N+](=O)[O-])C(C)C)S(=O)(=O)[O-]. The highest BCUT2D eigenvalue weighted by atomic mass is 32.2. The van der Waals surface area contributed by atoms with Crippen LogP contribution in [0.4, 0.5) is 0 Å². The van der Waals surface area contributed by atoms with Crippen molar-refractivity contribution in [3.05, 3.63) is 54.3 Å². The minimum absolute atomic E-state index is 0.253. The molecule has 0 bridgehead atoms. The first-order valence-corrected chi connectivity index (χ1v) is 9.03. The summed E-state index contributed by atoms with van der Waals surface area (Å²) in [6.07, 6.45) is 1.61. The van der Waals surface area contributed by atoms with Gasteiger partial charge in [0.25, 0.3) is 5.70 Å². The first-order chi connectivity index (χ1) is 11.2. The van der Waals surface area contributed by atoms with Crippen LogP contribution in [-0.4, -0.2) is 22.8 Å². The molecule has 0 aliphatic rings. The van der Waals surface area contributed by atoms with E-state index in [4.69, 9.17) is 0 Å². The summed E-state index contributed by atoms with van der Waals surface area (Å²) in [5.74, 6) is -1.72. The van der Waals surface area contributed by atoms with Gasteiger partial charge in [-0.25, -0.2) is 8.42 Å². The van der Waals surface area contributed by atoms with Crippen LogP contribution in [0.15, 0.2) is 34.0 Å². The lowest BCUT2D eigenvalue weighted by molar-refractivity contribution is -0.429. The number of nitrogens with zero attached hydrogens (tertiary/aromatic N) is 2. The molecule has 0 aromatic carbocycles. The zero-order chi connectivity index (χ0) is 20.1. The Morgan fingerprint density at radius 1 is 0.960 bits per heavy atom. The molecule has 0 spiro atoms. The topological polar surface area (TPSA) is 143 Å². The molecule has 0 radical (unpaired) electrons. The molecule has 0 amide bonds. The van der Waals surface area contributed by atoms with E-state index in [1.54, 1.807) is 13.8 Å². The van der Waals surface area contributed by atoms with E-state index in [-0.39, 0.29) is 17.1 Å². The monoisotopic (exact) mass is 375 g/mol. The number of hydrogen-bond acceptors (Lipinski definition) is 7. The molecular weight excluding hydrogens is 352 g/mol. The molecule has 142 valence electrons. The van der Waals surface area contributed by atoms with Crippen LogP contribution < -0.4 is 0 Å². The van der Waals surface area contributed by atoms with Crippen LogP contribution >= 0.6 is 0 Å². The van der Waals surface area contributed by atoms with Gasteiger partial charge in [0.1, 0.15) is 15.7 Å². The maximum Gasteiger partial charge on any atom is 0.283 e. The molecule has 0 aliphatic heterocycles. The third kappa shape index (κ3) is 6.75. The Morgan fingerprint density at radius 2 is 1.44 bits per heavy atom. The molecule has 0 aromatic rings. The molecular formula is C15H23N2O7S-. The fourth-order valence-corrected chi connectivity index (χ4v) is 3.28. The van der Waals surface area contributed by atoms with E-state index in [9.17, 15) is 33.2 Å². The third-order valence-corrected chi connectivity index (χ3v) is 4.07. The smallest absolute Gasteiger partial charge is 0.283 e. The van der Waals surface area contributed by atoms with Gasteiger partial charge in [0.05, 0.1) is 20.3 Å². The van der Waals surface area contributed by atoms with Gasteiger partial charge in [-0.2, -0.15) is 0 Å². The summed E-state index contributed by atoms with van der Waals surface area (Å²) in [6, 6.07) is 0. The Kier molecular flexibility index (Phi) is 8.13. The van der Waals surface area contributed by atoms with Crippen molar-refractivity contribution >= 4 is 10.1 Å². The summed E-state index contributed by atoms with van der Waals surface area (Å²) in [5, 5.41) is 22.5. The highest BCUT2D eigenvalue weighted by Crippen LogP contribution is 2.34. The highest BCUT2D eigenvalue weighted by Gasteiger charge is 2.33. The molecule has 0 saturated heterocycles. The molecule has 0 rings (SSSR count). The third-order valence-electron chi connectivity index (χ3n) is 3.17. The fourth-order valence-electron chi connectivity index (χ4n) is 2.24. The van der Waals surface area contributed by atoms with Gasteiger partial charge in [-0.05, 0) is 17.8 Å². The highest BCUT2D eigenvalue weighted by molar-refractivity contribution is 7.90. The number of hydrogen-bond donors (Lipinski definition) is 0. The van der Waals surface area contributed by atoms with E-state index < -0.39 is 42.4 Å². The summed E-state index contributed by atoms with van der Waals surface area (Å²) in [6.45, 7) is 9.23. The lowest BCUT2D eigenvalue weighted by Gasteiger charge is -2.21. The van der Waals surface area contributed by atoms with E-state index in [2.05, 4.69) is 0 Å². The molecule has 0 unspecified atom stereocenters. The summed E-state index contributed by atoms with van der Waals surface area (Å²) < 4.78 is 35.2. The van der Waals surface area contributed by atoms with Gasteiger partial charge in [-0.15, -0.1) is 0 Å². The lowest BCUT2D eigenvalue weighted by atomic mass is 9.91. The molecule has 25 heavy (non-hydrogen) atoms. The quantitative estimate of drug-likeness (QED) is 0.274. The molecule has 0 aromatic heterocycles. The first kappa shape index (κ1) is 22.9. The molecule has 0 heterocycles. The van der Waals surface area contributed by atoms with Crippen LogP contribution in [0.5, 0.6) is 0 Å². The van der Waals surface area contributed by atoms with Crippen LogP contribution in [0.3, 0.4) is 0 Å². The lowest BCUT2D eigenvalue weighted by Crippen LogP contribution is -2.19. The van der Waals surface area contributed by atoms with Crippen LogP contribution in [-0.2, 0) is 10.1 Å². The number of nitro groups is 2. The van der Waals surface area contributed by atoms with E-state index in [0.717, 1.165) is 6.08 Å². The van der Waals surface area contributed by atoms with E-state index in [1.165, 1.54) is 27.7 Å². The average molecular weight is 375 g/mol. The predicted molar refractivity (Wildman–Crippen MR) is 91.4 cm³/mol. The molecule has 0 fully saturated rings. The van der Waals surface area contributed by atoms with Crippen molar-refractivity contribution in [3.8, 4) is 0 Å². The summed E-state index contributed by atoms with van der Waals surface area (Å²) in [5.41, 5.74) is -1.29. The van der Waals surface area contributed by atoms with Gasteiger partial charge in [-0.1, -0.05) is 47.6 Å².